The lowest BCUT2D eigenvalue weighted by molar-refractivity contribution is 0.0639. The van der Waals surface area contributed by atoms with Crippen LogP contribution in [-0.4, -0.2) is 35.5 Å². The molecule has 0 aromatic heterocycles. The molecular weight excluding hydrogens is 321 g/mol. The summed E-state index contributed by atoms with van der Waals surface area (Å²) in [6, 6.07) is 13.0. The number of hydrogen-bond donors (Lipinski definition) is 2. The Bertz CT molecular complexity index is 827. The largest absolute Gasteiger partial charge is 0.362 e. The summed E-state index contributed by atoms with van der Waals surface area (Å²) < 4.78 is 13.0. The molecule has 0 aliphatic carbocycles. The minimum Gasteiger partial charge on any atom is -0.362 e. The van der Waals surface area contributed by atoms with Gasteiger partial charge in [-0.25, -0.2) is 4.39 Å². The Labute approximate surface area is 144 Å². The SMILES string of the molecule is O=C1NC2(CCN(C(=O)c3ccc(F)cc3)CC2)Nc2ccccc21. The number of hydrogen-bond acceptors (Lipinski definition) is 3. The predicted molar refractivity (Wildman–Crippen MR) is 91.8 cm³/mol. The maximum Gasteiger partial charge on any atom is 0.255 e. The first-order valence-electron chi connectivity index (χ1n) is 8.31. The molecular formula is C19H18FN3O2. The van der Waals surface area contributed by atoms with Gasteiger partial charge < -0.3 is 15.5 Å². The zero-order valence-electron chi connectivity index (χ0n) is 13.6. The Kier molecular flexibility index (Phi) is 3.67. The van der Waals surface area contributed by atoms with E-state index in [0.717, 1.165) is 5.69 Å². The zero-order valence-corrected chi connectivity index (χ0v) is 13.6. The van der Waals surface area contributed by atoms with Gasteiger partial charge in [0.15, 0.2) is 0 Å². The molecule has 2 aromatic rings. The number of halogens is 1. The van der Waals surface area contributed by atoms with Crippen LogP contribution in [0.25, 0.3) is 0 Å². The van der Waals surface area contributed by atoms with Crippen molar-refractivity contribution in [3.63, 3.8) is 0 Å². The second-order valence-corrected chi connectivity index (χ2v) is 6.51. The van der Waals surface area contributed by atoms with Gasteiger partial charge in [-0.3, -0.25) is 9.59 Å². The average molecular weight is 339 g/mol. The molecule has 2 N–H and O–H groups in total. The van der Waals surface area contributed by atoms with E-state index in [1.807, 2.05) is 18.2 Å². The van der Waals surface area contributed by atoms with Gasteiger partial charge >= 0.3 is 0 Å². The van der Waals surface area contributed by atoms with Crippen LogP contribution in [0, 0.1) is 5.82 Å². The van der Waals surface area contributed by atoms with Gasteiger partial charge in [-0.15, -0.1) is 0 Å². The van der Waals surface area contributed by atoms with E-state index >= 15 is 0 Å². The molecule has 2 aliphatic rings. The minimum absolute atomic E-state index is 0.0901. The van der Waals surface area contributed by atoms with Crippen molar-refractivity contribution >= 4 is 17.5 Å². The molecule has 0 radical (unpaired) electrons. The molecule has 4 rings (SSSR count). The topological polar surface area (TPSA) is 61.4 Å². The van der Waals surface area contributed by atoms with Crippen molar-refractivity contribution in [3.8, 4) is 0 Å². The highest BCUT2D eigenvalue weighted by atomic mass is 19.1. The normalized spacial score (nSPS) is 18.3. The number of nitrogens with one attached hydrogen (secondary N) is 2. The molecule has 2 heterocycles. The fourth-order valence-corrected chi connectivity index (χ4v) is 3.48. The van der Waals surface area contributed by atoms with E-state index < -0.39 is 5.66 Å². The Morgan fingerprint density at radius 3 is 2.40 bits per heavy atom. The number of para-hydroxylation sites is 1. The highest BCUT2D eigenvalue weighted by molar-refractivity contribution is 6.02. The third kappa shape index (κ3) is 2.84. The first kappa shape index (κ1) is 15.6. The number of anilines is 1. The molecule has 1 spiro atoms. The number of fused-ring (bicyclic) bond motifs is 1. The third-order valence-corrected chi connectivity index (χ3v) is 4.89. The first-order chi connectivity index (χ1) is 12.1. The van der Waals surface area contributed by atoms with Gasteiger partial charge in [0, 0.05) is 37.2 Å². The van der Waals surface area contributed by atoms with E-state index in [9.17, 15) is 14.0 Å². The molecule has 6 heteroatoms. The molecule has 0 atom stereocenters. The molecule has 0 saturated carbocycles. The van der Waals surface area contributed by atoms with Crippen molar-refractivity contribution in [1.29, 1.82) is 0 Å². The van der Waals surface area contributed by atoms with Crippen LogP contribution in [0.15, 0.2) is 48.5 Å². The number of amides is 2. The molecule has 2 aliphatic heterocycles. The summed E-state index contributed by atoms with van der Waals surface area (Å²) in [5.74, 6) is -0.563. The lowest BCUT2D eigenvalue weighted by Crippen LogP contribution is -2.62. The van der Waals surface area contributed by atoms with Crippen LogP contribution in [0.2, 0.25) is 0 Å². The lowest BCUT2D eigenvalue weighted by Gasteiger charge is -2.45. The molecule has 5 nitrogen and oxygen atoms in total. The monoisotopic (exact) mass is 339 g/mol. The third-order valence-electron chi connectivity index (χ3n) is 4.89. The molecule has 2 aromatic carbocycles. The maximum atomic E-state index is 13.0. The number of nitrogens with zero attached hydrogens (tertiary/aromatic N) is 1. The van der Waals surface area contributed by atoms with E-state index in [0.29, 0.717) is 37.1 Å². The Morgan fingerprint density at radius 1 is 1.00 bits per heavy atom. The summed E-state index contributed by atoms with van der Waals surface area (Å²) in [6.07, 6.45) is 1.22. The van der Waals surface area contributed by atoms with Crippen molar-refractivity contribution < 1.29 is 14.0 Å². The van der Waals surface area contributed by atoms with Gasteiger partial charge in [-0.05, 0) is 36.4 Å². The number of carbonyl (C=O) groups excluding carboxylic acids is 2. The van der Waals surface area contributed by atoms with Crippen LogP contribution in [0.1, 0.15) is 33.6 Å². The van der Waals surface area contributed by atoms with Crippen LogP contribution < -0.4 is 10.6 Å². The Hall–Kier alpha value is -2.89. The fraction of sp³-hybridized carbons (Fsp3) is 0.263. The minimum atomic E-state index is -0.523. The van der Waals surface area contributed by atoms with E-state index in [2.05, 4.69) is 10.6 Å². The van der Waals surface area contributed by atoms with Gasteiger partial charge in [0.1, 0.15) is 11.5 Å². The summed E-state index contributed by atoms with van der Waals surface area (Å²) in [5.41, 5.74) is 1.41. The first-order valence-corrected chi connectivity index (χ1v) is 8.31. The van der Waals surface area contributed by atoms with Crippen molar-refractivity contribution in [2.24, 2.45) is 0 Å². The zero-order chi connectivity index (χ0) is 17.4. The summed E-state index contributed by atoms with van der Waals surface area (Å²) in [4.78, 5) is 26.6. The number of rotatable bonds is 1. The van der Waals surface area contributed by atoms with Crippen LogP contribution in [0.3, 0.4) is 0 Å². The molecule has 25 heavy (non-hydrogen) atoms. The molecule has 2 amide bonds. The molecule has 128 valence electrons. The Balaban J connectivity index is 1.47. The van der Waals surface area contributed by atoms with Gasteiger partial charge in [-0.1, -0.05) is 12.1 Å². The van der Waals surface area contributed by atoms with Crippen LogP contribution in [0.5, 0.6) is 0 Å². The summed E-state index contributed by atoms with van der Waals surface area (Å²) in [5, 5.41) is 6.49. The Morgan fingerprint density at radius 2 is 1.68 bits per heavy atom. The van der Waals surface area contributed by atoms with Gasteiger partial charge in [0.05, 0.1) is 5.56 Å². The van der Waals surface area contributed by atoms with Gasteiger partial charge in [-0.2, -0.15) is 0 Å². The van der Waals surface area contributed by atoms with Crippen molar-refractivity contribution in [3.05, 3.63) is 65.5 Å². The van der Waals surface area contributed by atoms with Crippen LogP contribution >= 0.6 is 0 Å². The predicted octanol–water partition coefficient (Wildman–Crippen LogP) is 2.61. The van der Waals surface area contributed by atoms with E-state index in [1.54, 1.807) is 11.0 Å². The molecule has 1 fully saturated rings. The van der Waals surface area contributed by atoms with E-state index in [4.69, 9.17) is 0 Å². The fourth-order valence-electron chi connectivity index (χ4n) is 3.48. The number of piperidine rings is 1. The summed E-state index contributed by atoms with van der Waals surface area (Å²) in [7, 11) is 0. The van der Waals surface area contributed by atoms with Crippen molar-refractivity contribution in [2.75, 3.05) is 18.4 Å². The van der Waals surface area contributed by atoms with Crippen molar-refractivity contribution in [1.82, 2.24) is 10.2 Å². The average Bonchev–Trinajstić information content (AvgIpc) is 2.62. The number of likely N-dealkylation sites (tertiary alicyclic amines) is 1. The molecule has 0 bridgehead atoms. The standard InChI is InChI=1S/C19H18FN3O2/c20-14-7-5-13(6-8-14)18(25)23-11-9-19(10-12-23)21-16-4-2-1-3-15(16)17(24)22-19/h1-8,21H,9-12H2,(H,22,24). The molecule has 0 unspecified atom stereocenters. The number of benzene rings is 2. The highest BCUT2D eigenvalue weighted by Crippen LogP contribution is 2.31. The second kappa shape index (κ2) is 5.88. The summed E-state index contributed by atoms with van der Waals surface area (Å²) >= 11 is 0. The molecule has 1 saturated heterocycles. The lowest BCUT2D eigenvalue weighted by atomic mass is 9.92. The van der Waals surface area contributed by atoms with Gasteiger partial charge in [0.25, 0.3) is 11.8 Å². The smallest absolute Gasteiger partial charge is 0.255 e. The highest BCUT2D eigenvalue weighted by Gasteiger charge is 2.40. The number of carbonyl (C=O) groups is 2. The van der Waals surface area contributed by atoms with E-state index in [-0.39, 0.29) is 17.6 Å². The van der Waals surface area contributed by atoms with Crippen LogP contribution in [0.4, 0.5) is 10.1 Å². The second-order valence-electron chi connectivity index (χ2n) is 6.51. The maximum absolute atomic E-state index is 13.0. The van der Waals surface area contributed by atoms with Gasteiger partial charge in [0.2, 0.25) is 0 Å². The quantitative estimate of drug-likeness (QED) is 0.840. The van der Waals surface area contributed by atoms with E-state index in [1.165, 1.54) is 24.3 Å². The van der Waals surface area contributed by atoms with Crippen molar-refractivity contribution in [2.45, 2.75) is 18.5 Å². The summed E-state index contributed by atoms with van der Waals surface area (Å²) in [6.45, 7) is 1.04. The van der Waals surface area contributed by atoms with Crippen LogP contribution in [-0.2, 0) is 0 Å².